The zero-order valence-electron chi connectivity index (χ0n) is 9.93. The SMILES string of the molecule is Nc1cc(NC2CCCOC2)ccc1S(N)(=O)=O. The van der Waals surface area contributed by atoms with E-state index in [0.717, 1.165) is 25.1 Å². The molecule has 0 aliphatic carbocycles. The Morgan fingerprint density at radius 3 is 2.72 bits per heavy atom. The van der Waals surface area contributed by atoms with Crippen molar-refractivity contribution in [3.8, 4) is 0 Å². The van der Waals surface area contributed by atoms with Crippen LogP contribution in [-0.2, 0) is 14.8 Å². The number of primary sulfonamides is 1. The lowest BCUT2D eigenvalue weighted by atomic mass is 10.1. The molecule has 2 rings (SSSR count). The minimum Gasteiger partial charge on any atom is -0.398 e. The summed E-state index contributed by atoms with van der Waals surface area (Å²) in [7, 11) is -3.76. The summed E-state index contributed by atoms with van der Waals surface area (Å²) in [5.74, 6) is 0. The molecule has 5 N–H and O–H groups in total. The van der Waals surface area contributed by atoms with Crippen molar-refractivity contribution in [2.45, 2.75) is 23.8 Å². The largest absolute Gasteiger partial charge is 0.398 e. The van der Waals surface area contributed by atoms with Crippen molar-refractivity contribution in [3.63, 3.8) is 0 Å². The lowest BCUT2D eigenvalue weighted by Crippen LogP contribution is -2.30. The molecule has 1 aliphatic heterocycles. The molecule has 0 bridgehead atoms. The molecule has 1 saturated heterocycles. The Balaban J connectivity index is 2.13. The van der Waals surface area contributed by atoms with Crippen LogP contribution in [0.5, 0.6) is 0 Å². The van der Waals surface area contributed by atoms with Crippen LogP contribution in [0.2, 0.25) is 0 Å². The summed E-state index contributed by atoms with van der Waals surface area (Å²) in [6, 6.07) is 4.88. The highest BCUT2D eigenvalue weighted by molar-refractivity contribution is 7.89. The van der Waals surface area contributed by atoms with Crippen LogP contribution in [0.15, 0.2) is 23.1 Å². The van der Waals surface area contributed by atoms with Gasteiger partial charge >= 0.3 is 0 Å². The Labute approximate surface area is 106 Å². The summed E-state index contributed by atoms with van der Waals surface area (Å²) in [5, 5.41) is 8.30. The Morgan fingerprint density at radius 2 is 2.17 bits per heavy atom. The first kappa shape index (κ1) is 13.1. The summed E-state index contributed by atoms with van der Waals surface area (Å²) < 4.78 is 27.8. The number of nitrogens with one attached hydrogen (secondary N) is 1. The third-order valence-corrected chi connectivity index (χ3v) is 3.83. The third-order valence-electron chi connectivity index (χ3n) is 2.85. The van der Waals surface area contributed by atoms with Gasteiger partial charge in [-0.15, -0.1) is 0 Å². The normalized spacial score (nSPS) is 20.6. The van der Waals surface area contributed by atoms with Crippen molar-refractivity contribution in [2.24, 2.45) is 5.14 Å². The molecule has 100 valence electrons. The van der Waals surface area contributed by atoms with Gasteiger partial charge in [-0.05, 0) is 31.0 Å². The maximum absolute atomic E-state index is 11.2. The highest BCUT2D eigenvalue weighted by atomic mass is 32.2. The fourth-order valence-corrected chi connectivity index (χ4v) is 2.63. The molecule has 0 amide bonds. The predicted molar refractivity (Wildman–Crippen MR) is 69.7 cm³/mol. The van der Waals surface area contributed by atoms with Crippen LogP contribution in [0, 0.1) is 0 Å². The summed E-state index contributed by atoms with van der Waals surface area (Å²) >= 11 is 0. The Hall–Kier alpha value is -1.31. The number of benzene rings is 1. The lowest BCUT2D eigenvalue weighted by molar-refractivity contribution is 0.0876. The maximum atomic E-state index is 11.2. The molecular weight excluding hydrogens is 254 g/mol. The monoisotopic (exact) mass is 271 g/mol. The van der Waals surface area contributed by atoms with E-state index in [-0.39, 0.29) is 16.6 Å². The molecule has 7 heteroatoms. The summed E-state index contributed by atoms with van der Waals surface area (Å²) in [5.41, 5.74) is 6.61. The van der Waals surface area contributed by atoms with Crippen LogP contribution in [-0.4, -0.2) is 27.7 Å². The number of rotatable bonds is 3. The van der Waals surface area contributed by atoms with Crippen LogP contribution in [0.4, 0.5) is 11.4 Å². The molecule has 1 fully saturated rings. The number of nitrogens with two attached hydrogens (primary N) is 2. The van der Waals surface area contributed by atoms with Crippen molar-refractivity contribution >= 4 is 21.4 Å². The van der Waals surface area contributed by atoms with E-state index in [4.69, 9.17) is 15.6 Å². The molecule has 1 atom stereocenters. The highest BCUT2D eigenvalue weighted by Crippen LogP contribution is 2.23. The average molecular weight is 271 g/mol. The first-order chi connectivity index (χ1) is 8.47. The number of nitrogen functional groups attached to an aromatic ring is 1. The van der Waals surface area contributed by atoms with Gasteiger partial charge in [-0.1, -0.05) is 0 Å². The molecule has 6 nitrogen and oxygen atoms in total. The molecule has 0 aromatic heterocycles. The van der Waals surface area contributed by atoms with E-state index in [0.29, 0.717) is 6.61 Å². The number of hydrogen-bond acceptors (Lipinski definition) is 5. The summed E-state index contributed by atoms with van der Waals surface area (Å²) in [4.78, 5) is -0.0482. The van der Waals surface area contributed by atoms with Crippen LogP contribution in [0.1, 0.15) is 12.8 Å². The predicted octanol–water partition coefficient (Wildman–Crippen LogP) is 0.507. The van der Waals surface area contributed by atoms with Gasteiger partial charge in [0.25, 0.3) is 0 Å². The Kier molecular flexibility index (Phi) is 3.74. The van der Waals surface area contributed by atoms with E-state index in [2.05, 4.69) is 5.32 Å². The Morgan fingerprint density at radius 1 is 1.39 bits per heavy atom. The second-order valence-electron chi connectivity index (χ2n) is 4.36. The zero-order chi connectivity index (χ0) is 13.2. The Bertz CT molecular complexity index is 524. The van der Waals surface area contributed by atoms with Crippen LogP contribution >= 0.6 is 0 Å². The van der Waals surface area contributed by atoms with Crippen molar-refractivity contribution < 1.29 is 13.2 Å². The minimum absolute atomic E-state index is 0.0482. The maximum Gasteiger partial charge on any atom is 0.240 e. The van der Waals surface area contributed by atoms with Gasteiger partial charge in [0.1, 0.15) is 4.90 Å². The fourth-order valence-electron chi connectivity index (χ4n) is 1.99. The van der Waals surface area contributed by atoms with Crippen molar-refractivity contribution in [1.29, 1.82) is 0 Å². The molecule has 0 radical (unpaired) electrons. The van der Waals surface area contributed by atoms with Gasteiger partial charge in [0.2, 0.25) is 10.0 Å². The number of sulfonamides is 1. The first-order valence-corrected chi connectivity index (χ1v) is 7.28. The van der Waals surface area contributed by atoms with E-state index in [9.17, 15) is 8.42 Å². The molecule has 0 saturated carbocycles. The van der Waals surface area contributed by atoms with E-state index in [1.807, 2.05) is 0 Å². The first-order valence-electron chi connectivity index (χ1n) is 5.73. The van der Waals surface area contributed by atoms with Gasteiger partial charge in [0.05, 0.1) is 12.3 Å². The lowest BCUT2D eigenvalue weighted by Gasteiger charge is -2.24. The number of anilines is 2. The van der Waals surface area contributed by atoms with E-state index in [1.54, 1.807) is 12.1 Å². The van der Waals surface area contributed by atoms with Gasteiger partial charge in [-0.2, -0.15) is 0 Å². The third kappa shape index (κ3) is 3.12. The van der Waals surface area contributed by atoms with Crippen molar-refractivity contribution in [2.75, 3.05) is 24.3 Å². The van der Waals surface area contributed by atoms with Crippen LogP contribution < -0.4 is 16.2 Å². The number of hydrogen-bond donors (Lipinski definition) is 3. The van der Waals surface area contributed by atoms with Gasteiger partial charge in [0.15, 0.2) is 0 Å². The quantitative estimate of drug-likeness (QED) is 0.694. The van der Waals surface area contributed by atoms with E-state index < -0.39 is 10.0 Å². The topological polar surface area (TPSA) is 107 Å². The van der Waals surface area contributed by atoms with E-state index >= 15 is 0 Å². The van der Waals surface area contributed by atoms with E-state index in [1.165, 1.54) is 6.07 Å². The standard InChI is InChI=1S/C11H17N3O3S/c12-10-6-8(3-4-11(10)18(13,15)16)14-9-2-1-5-17-7-9/h3-4,6,9,14H,1-2,5,7,12H2,(H2,13,15,16). The molecule has 0 spiro atoms. The minimum atomic E-state index is -3.76. The van der Waals surface area contributed by atoms with Gasteiger partial charge < -0.3 is 15.8 Å². The van der Waals surface area contributed by atoms with Crippen LogP contribution in [0.3, 0.4) is 0 Å². The molecular formula is C11H17N3O3S. The second-order valence-corrected chi connectivity index (χ2v) is 5.89. The summed E-state index contributed by atoms with van der Waals surface area (Å²) in [6.07, 6.45) is 2.04. The zero-order valence-corrected chi connectivity index (χ0v) is 10.7. The highest BCUT2D eigenvalue weighted by Gasteiger charge is 2.16. The smallest absolute Gasteiger partial charge is 0.240 e. The molecule has 1 heterocycles. The van der Waals surface area contributed by atoms with Gasteiger partial charge in [-0.25, -0.2) is 13.6 Å². The fraction of sp³-hybridized carbons (Fsp3) is 0.455. The van der Waals surface area contributed by atoms with Crippen molar-refractivity contribution in [1.82, 2.24) is 0 Å². The molecule has 1 unspecified atom stereocenters. The molecule has 1 aliphatic rings. The molecule has 1 aromatic carbocycles. The van der Waals surface area contributed by atoms with Crippen molar-refractivity contribution in [3.05, 3.63) is 18.2 Å². The molecule has 18 heavy (non-hydrogen) atoms. The summed E-state index contributed by atoms with van der Waals surface area (Å²) in [6.45, 7) is 1.45. The second kappa shape index (κ2) is 5.13. The number of ether oxygens (including phenoxy) is 1. The van der Waals surface area contributed by atoms with Gasteiger partial charge in [-0.3, -0.25) is 0 Å². The average Bonchev–Trinajstić information content (AvgIpc) is 2.28. The van der Waals surface area contributed by atoms with Gasteiger partial charge in [0, 0.05) is 18.3 Å². The van der Waals surface area contributed by atoms with Crippen LogP contribution in [0.25, 0.3) is 0 Å². The molecule has 1 aromatic rings.